The van der Waals surface area contributed by atoms with Gasteiger partial charge in [0.1, 0.15) is 12.5 Å². The lowest BCUT2D eigenvalue weighted by Gasteiger charge is -2.27. The third-order valence-corrected chi connectivity index (χ3v) is 2.27. The maximum Gasteiger partial charge on any atom is 0.340 e. The average molecular weight is 245 g/mol. The van der Waals surface area contributed by atoms with Crippen LogP contribution in [0, 0.1) is 0 Å². The number of amidine groups is 1. The van der Waals surface area contributed by atoms with E-state index in [1.54, 1.807) is 6.92 Å². The number of aldehydes is 1. The molecule has 17 heavy (non-hydrogen) atoms. The second kappa shape index (κ2) is 4.66. The number of halogens is 1. The number of hydrazone groups is 1. The number of carbonyl (C=O) groups is 2. The van der Waals surface area contributed by atoms with E-state index in [9.17, 15) is 14.0 Å². The number of urea groups is 1. The predicted molar refractivity (Wildman–Crippen MR) is 59.4 cm³/mol. The molecule has 0 aromatic heterocycles. The van der Waals surface area contributed by atoms with E-state index in [0.29, 0.717) is 12.1 Å². The molecule has 0 aromatic rings. The summed E-state index contributed by atoms with van der Waals surface area (Å²) in [6.45, 7) is 3.87. The van der Waals surface area contributed by atoms with Gasteiger partial charge in [0.15, 0.2) is 12.5 Å². The van der Waals surface area contributed by atoms with Crippen LogP contribution < -0.4 is 11.2 Å². The molecule has 1 atom stereocenters. The van der Waals surface area contributed by atoms with Gasteiger partial charge in [-0.05, 0) is 20.8 Å². The zero-order valence-corrected chi connectivity index (χ0v) is 9.98. The highest BCUT2D eigenvalue weighted by Crippen LogP contribution is 2.13. The van der Waals surface area contributed by atoms with Crippen LogP contribution in [0.4, 0.5) is 9.18 Å². The highest BCUT2D eigenvalue weighted by Gasteiger charge is 2.36. The van der Waals surface area contributed by atoms with Crippen LogP contribution in [0.2, 0.25) is 0 Å². The summed E-state index contributed by atoms with van der Waals surface area (Å²) in [5.74, 6) is 5.86. The van der Waals surface area contributed by atoms with E-state index in [1.165, 1.54) is 13.8 Å². The number of carbonyl (C=O) groups excluding carboxylic acids is 2. The SMILES string of the molecule is CC1=NN(C(=O)NC(C)(C)CF)C(C=O)N1N. The van der Waals surface area contributed by atoms with Crippen LogP contribution in [0.25, 0.3) is 0 Å². The van der Waals surface area contributed by atoms with Gasteiger partial charge in [0.2, 0.25) is 0 Å². The van der Waals surface area contributed by atoms with Crippen molar-refractivity contribution in [2.75, 3.05) is 6.67 Å². The fourth-order valence-electron chi connectivity index (χ4n) is 1.24. The summed E-state index contributed by atoms with van der Waals surface area (Å²) in [6.07, 6.45) is -0.507. The van der Waals surface area contributed by atoms with Crippen molar-refractivity contribution in [1.82, 2.24) is 15.3 Å². The molecule has 0 fully saturated rings. The maximum atomic E-state index is 12.6. The molecule has 1 unspecified atom stereocenters. The Bertz CT molecular complexity index is 357. The number of alkyl halides is 1. The zero-order chi connectivity index (χ0) is 13.2. The highest BCUT2D eigenvalue weighted by molar-refractivity contribution is 5.89. The van der Waals surface area contributed by atoms with Gasteiger partial charge < -0.3 is 5.32 Å². The Morgan fingerprint density at radius 3 is 2.76 bits per heavy atom. The van der Waals surface area contributed by atoms with E-state index in [2.05, 4.69) is 10.4 Å². The molecule has 1 aliphatic rings. The minimum atomic E-state index is -1.02. The molecule has 8 heteroatoms. The molecule has 0 bridgehead atoms. The lowest BCUT2D eigenvalue weighted by Crippen LogP contribution is -2.55. The Labute approximate surface area is 98.4 Å². The Balaban J connectivity index is 2.80. The average Bonchev–Trinajstić information content (AvgIpc) is 2.55. The molecular weight excluding hydrogens is 229 g/mol. The number of hydrazine groups is 1. The minimum absolute atomic E-state index is 0.329. The summed E-state index contributed by atoms with van der Waals surface area (Å²) in [5.41, 5.74) is -1.02. The minimum Gasteiger partial charge on any atom is -0.329 e. The van der Waals surface area contributed by atoms with Gasteiger partial charge in [-0.25, -0.2) is 15.0 Å². The lowest BCUT2D eigenvalue weighted by atomic mass is 10.1. The Morgan fingerprint density at radius 1 is 1.71 bits per heavy atom. The summed E-state index contributed by atoms with van der Waals surface area (Å²) < 4.78 is 12.6. The number of nitrogens with one attached hydrogen (secondary N) is 1. The molecule has 1 heterocycles. The summed E-state index contributed by atoms with van der Waals surface area (Å²) in [4.78, 5) is 22.6. The fraction of sp³-hybridized carbons (Fsp3) is 0.667. The van der Waals surface area contributed by atoms with Gasteiger partial charge in [0, 0.05) is 0 Å². The standard InChI is InChI=1S/C9H16FN5O2/c1-6-13-15(7(4-16)14(6)11)8(17)12-9(2,3)5-10/h4,7H,5,11H2,1-3H3,(H,12,17). The number of nitrogens with zero attached hydrogens (tertiary/aromatic N) is 3. The van der Waals surface area contributed by atoms with E-state index in [1.807, 2.05) is 0 Å². The van der Waals surface area contributed by atoms with Gasteiger partial charge in [-0.15, -0.1) is 0 Å². The van der Waals surface area contributed by atoms with Crippen LogP contribution in [0.1, 0.15) is 20.8 Å². The van der Waals surface area contributed by atoms with Crippen molar-refractivity contribution in [2.24, 2.45) is 10.9 Å². The summed E-state index contributed by atoms with van der Waals surface area (Å²) in [6, 6.07) is -0.669. The Morgan fingerprint density at radius 2 is 2.29 bits per heavy atom. The normalized spacial score (nSPS) is 20.3. The van der Waals surface area contributed by atoms with Crippen molar-refractivity contribution >= 4 is 18.2 Å². The smallest absolute Gasteiger partial charge is 0.329 e. The fourth-order valence-corrected chi connectivity index (χ4v) is 1.24. The predicted octanol–water partition coefficient (Wildman–Crippen LogP) is -0.206. The van der Waals surface area contributed by atoms with Gasteiger partial charge in [0.05, 0.1) is 5.54 Å². The zero-order valence-electron chi connectivity index (χ0n) is 9.98. The molecule has 0 spiro atoms. The van der Waals surface area contributed by atoms with E-state index < -0.39 is 24.4 Å². The first-order valence-corrected chi connectivity index (χ1v) is 5.04. The van der Waals surface area contributed by atoms with Crippen LogP contribution in [0.3, 0.4) is 0 Å². The number of amides is 2. The van der Waals surface area contributed by atoms with Crippen LogP contribution in [0.15, 0.2) is 5.10 Å². The maximum absolute atomic E-state index is 12.6. The van der Waals surface area contributed by atoms with Crippen LogP contribution in [-0.2, 0) is 4.79 Å². The highest BCUT2D eigenvalue weighted by atomic mass is 19.1. The molecule has 0 aromatic carbocycles. The summed E-state index contributed by atoms with van der Waals surface area (Å²) in [7, 11) is 0. The van der Waals surface area contributed by atoms with Crippen molar-refractivity contribution < 1.29 is 14.0 Å². The largest absolute Gasteiger partial charge is 0.340 e. The molecule has 0 aliphatic carbocycles. The van der Waals surface area contributed by atoms with Crippen molar-refractivity contribution in [3.05, 3.63) is 0 Å². The van der Waals surface area contributed by atoms with Gasteiger partial charge in [-0.3, -0.25) is 9.80 Å². The van der Waals surface area contributed by atoms with Gasteiger partial charge >= 0.3 is 6.03 Å². The van der Waals surface area contributed by atoms with Crippen molar-refractivity contribution in [1.29, 1.82) is 0 Å². The third kappa shape index (κ3) is 2.70. The van der Waals surface area contributed by atoms with Crippen molar-refractivity contribution in [3.63, 3.8) is 0 Å². The first kappa shape index (κ1) is 13.4. The van der Waals surface area contributed by atoms with Crippen LogP contribution in [-0.4, -0.2) is 46.6 Å². The number of nitrogens with two attached hydrogens (primary N) is 1. The van der Waals surface area contributed by atoms with Crippen LogP contribution >= 0.6 is 0 Å². The quantitative estimate of drug-likeness (QED) is 0.532. The number of hydrogen-bond donors (Lipinski definition) is 2. The second-order valence-electron chi connectivity index (χ2n) is 4.40. The molecule has 0 saturated carbocycles. The molecule has 1 aliphatic heterocycles. The number of rotatable bonds is 3. The second-order valence-corrected chi connectivity index (χ2v) is 4.40. The Kier molecular flexibility index (Phi) is 3.66. The van der Waals surface area contributed by atoms with Crippen LogP contribution in [0.5, 0.6) is 0 Å². The lowest BCUT2D eigenvalue weighted by molar-refractivity contribution is -0.114. The summed E-state index contributed by atoms with van der Waals surface area (Å²) in [5, 5.41) is 8.20. The van der Waals surface area contributed by atoms with Crippen molar-refractivity contribution in [3.8, 4) is 0 Å². The summed E-state index contributed by atoms with van der Waals surface area (Å²) >= 11 is 0. The molecule has 96 valence electrons. The monoisotopic (exact) mass is 245 g/mol. The first-order valence-electron chi connectivity index (χ1n) is 5.04. The van der Waals surface area contributed by atoms with E-state index >= 15 is 0 Å². The molecular formula is C9H16FN5O2. The molecule has 3 N–H and O–H groups in total. The molecule has 2 amide bonds. The molecule has 1 rings (SSSR count). The number of hydrogen-bond acceptors (Lipinski definition) is 5. The molecule has 0 radical (unpaired) electrons. The van der Waals surface area contributed by atoms with Gasteiger partial charge in [0.25, 0.3) is 0 Å². The first-order chi connectivity index (χ1) is 7.82. The Hall–Kier alpha value is -1.70. The van der Waals surface area contributed by atoms with Gasteiger partial charge in [-0.1, -0.05) is 0 Å². The molecule has 7 nitrogen and oxygen atoms in total. The van der Waals surface area contributed by atoms with Gasteiger partial charge in [-0.2, -0.15) is 10.1 Å². The third-order valence-electron chi connectivity index (χ3n) is 2.27. The van der Waals surface area contributed by atoms with E-state index in [4.69, 9.17) is 5.84 Å². The topological polar surface area (TPSA) is 91.0 Å². The van der Waals surface area contributed by atoms with Crippen molar-refractivity contribution in [2.45, 2.75) is 32.5 Å². The van der Waals surface area contributed by atoms with E-state index in [-0.39, 0.29) is 0 Å². The van der Waals surface area contributed by atoms with E-state index in [0.717, 1.165) is 10.0 Å². The molecule has 0 saturated heterocycles.